The number of H-pyrrole nitrogens is 1. The molecule has 1 atom stereocenters. The van der Waals surface area contributed by atoms with Crippen LogP contribution in [0.15, 0.2) is 54.7 Å². The summed E-state index contributed by atoms with van der Waals surface area (Å²) in [4.78, 5) is 18.1. The number of nitrogens with one attached hydrogen (secondary N) is 2. The molecule has 1 saturated carbocycles. The number of aromatic amines is 1. The third kappa shape index (κ3) is 4.47. The quantitative estimate of drug-likeness (QED) is 0.593. The van der Waals surface area contributed by atoms with Crippen LogP contribution in [0.25, 0.3) is 10.9 Å². The van der Waals surface area contributed by atoms with Crippen molar-refractivity contribution in [3.05, 3.63) is 65.9 Å². The van der Waals surface area contributed by atoms with Gasteiger partial charge in [0.1, 0.15) is 0 Å². The summed E-state index contributed by atoms with van der Waals surface area (Å²) in [7, 11) is 4.10. The largest absolute Gasteiger partial charge is 0.378 e. The highest BCUT2D eigenvalue weighted by Crippen LogP contribution is 2.32. The van der Waals surface area contributed by atoms with Crippen LogP contribution >= 0.6 is 0 Å². The monoisotopic (exact) mass is 389 g/mol. The number of benzene rings is 2. The minimum atomic E-state index is 0.120. The number of aromatic nitrogens is 1. The molecule has 2 N–H and O–H groups in total. The Morgan fingerprint density at radius 1 is 1.10 bits per heavy atom. The molecule has 0 aliphatic heterocycles. The molecular weight excluding hydrogens is 358 g/mol. The fraction of sp³-hybridized carbons (Fsp3) is 0.400. The highest BCUT2D eigenvalue weighted by Gasteiger charge is 2.22. The molecule has 0 unspecified atom stereocenters. The molecule has 4 heteroatoms. The van der Waals surface area contributed by atoms with E-state index in [0.29, 0.717) is 18.9 Å². The molecule has 4 rings (SSSR count). The number of amides is 1. The summed E-state index contributed by atoms with van der Waals surface area (Å²) in [6.45, 7) is 0.620. The smallest absolute Gasteiger partial charge is 0.220 e. The molecule has 1 heterocycles. The predicted molar refractivity (Wildman–Crippen MR) is 120 cm³/mol. The van der Waals surface area contributed by atoms with Gasteiger partial charge in [0.05, 0.1) is 0 Å². The second-order valence-electron chi connectivity index (χ2n) is 8.49. The van der Waals surface area contributed by atoms with E-state index < -0.39 is 0 Å². The number of anilines is 1. The fourth-order valence-corrected chi connectivity index (χ4v) is 4.56. The van der Waals surface area contributed by atoms with E-state index in [2.05, 4.69) is 78.0 Å². The van der Waals surface area contributed by atoms with E-state index >= 15 is 0 Å². The maximum atomic E-state index is 12.6. The lowest BCUT2D eigenvalue weighted by atomic mass is 9.90. The third-order valence-electron chi connectivity index (χ3n) is 6.26. The molecule has 152 valence electrons. The van der Waals surface area contributed by atoms with Crippen molar-refractivity contribution in [2.75, 3.05) is 25.5 Å². The molecule has 1 aliphatic carbocycles. The maximum Gasteiger partial charge on any atom is 0.220 e. The summed E-state index contributed by atoms with van der Waals surface area (Å²) in [5.41, 5.74) is 4.77. The third-order valence-corrected chi connectivity index (χ3v) is 6.26. The SMILES string of the molecule is CN(C)c1ccc([C@H](CNC(=O)CC2CCCC2)c2c[nH]c3ccccc23)cc1. The first kappa shape index (κ1) is 19.6. The predicted octanol–water partition coefficient (Wildman–Crippen LogP) is 5.06. The van der Waals surface area contributed by atoms with Crippen molar-refractivity contribution in [1.29, 1.82) is 0 Å². The van der Waals surface area contributed by atoms with Crippen molar-refractivity contribution < 1.29 is 4.79 Å². The van der Waals surface area contributed by atoms with E-state index in [0.717, 1.165) is 5.52 Å². The highest BCUT2D eigenvalue weighted by atomic mass is 16.1. The first-order valence-corrected chi connectivity index (χ1v) is 10.7. The number of fused-ring (bicyclic) bond motifs is 1. The van der Waals surface area contributed by atoms with Gasteiger partial charge < -0.3 is 15.2 Å². The Morgan fingerprint density at radius 3 is 2.55 bits per heavy atom. The fourth-order valence-electron chi connectivity index (χ4n) is 4.56. The lowest BCUT2D eigenvalue weighted by Gasteiger charge is -2.20. The minimum absolute atomic E-state index is 0.120. The van der Waals surface area contributed by atoms with E-state index in [1.165, 1.54) is 47.9 Å². The average Bonchev–Trinajstić information content (AvgIpc) is 3.39. The minimum Gasteiger partial charge on any atom is -0.378 e. The van der Waals surface area contributed by atoms with E-state index in [1.807, 2.05) is 6.07 Å². The van der Waals surface area contributed by atoms with Crippen LogP contribution in [0.3, 0.4) is 0 Å². The number of rotatable bonds is 7. The molecule has 0 spiro atoms. The number of hydrogen-bond donors (Lipinski definition) is 2. The summed E-state index contributed by atoms with van der Waals surface area (Å²) in [5.74, 6) is 0.877. The van der Waals surface area contributed by atoms with Gasteiger partial charge in [0.2, 0.25) is 5.91 Å². The van der Waals surface area contributed by atoms with Crippen LogP contribution < -0.4 is 10.2 Å². The Bertz CT molecular complexity index is 952. The Kier molecular flexibility index (Phi) is 5.89. The van der Waals surface area contributed by atoms with E-state index in [4.69, 9.17) is 0 Å². The van der Waals surface area contributed by atoms with Crippen LogP contribution in [0.2, 0.25) is 0 Å². The van der Waals surface area contributed by atoms with Crippen molar-refractivity contribution in [3.8, 4) is 0 Å². The van der Waals surface area contributed by atoms with Crippen LogP contribution in [0.4, 0.5) is 5.69 Å². The molecule has 0 bridgehead atoms. The normalized spacial score (nSPS) is 15.5. The van der Waals surface area contributed by atoms with Gasteiger partial charge in [0, 0.05) is 55.8 Å². The topological polar surface area (TPSA) is 48.1 Å². The van der Waals surface area contributed by atoms with Gasteiger partial charge in [-0.3, -0.25) is 4.79 Å². The summed E-state index contributed by atoms with van der Waals surface area (Å²) >= 11 is 0. The number of carbonyl (C=O) groups excluding carboxylic acids is 1. The van der Waals surface area contributed by atoms with Crippen LogP contribution in [0.5, 0.6) is 0 Å². The van der Waals surface area contributed by atoms with Gasteiger partial charge in [-0.25, -0.2) is 0 Å². The zero-order chi connectivity index (χ0) is 20.2. The second-order valence-corrected chi connectivity index (χ2v) is 8.49. The lowest BCUT2D eigenvalue weighted by Crippen LogP contribution is -2.30. The molecule has 1 aliphatic rings. The van der Waals surface area contributed by atoms with Gasteiger partial charge >= 0.3 is 0 Å². The molecule has 29 heavy (non-hydrogen) atoms. The van der Waals surface area contributed by atoms with E-state index in [9.17, 15) is 4.79 Å². The average molecular weight is 390 g/mol. The van der Waals surface area contributed by atoms with Crippen molar-refractivity contribution in [2.45, 2.75) is 38.0 Å². The number of nitrogens with zero attached hydrogens (tertiary/aromatic N) is 1. The Balaban J connectivity index is 1.57. The van der Waals surface area contributed by atoms with Gasteiger partial charge in [0.15, 0.2) is 0 Å². The molecule has 0 radical (unpaired) electrons. The summed E-state index contributed by atoms with van der Waals surface area (Å²) in [5, 5.41) is 4.46. The van der Waals surface area contributed by atoms with Crippen molar-refractivity contribution in [3.63, 3.8) is 0 Å². The van der Waals surface area contributed by atoms with Crippen molar-refractivity contribution in [2.24, 2.45) is 5.92 Å². The van der Waals surface area contributed by atoms with Gasteiger partial charge in [-0.1, -0.05) is 43.2 Å². The zero-order valence-electron chi connectivity index (χ0n) is 17.4. The molecule has 0 saturated heterocycles. The van der Waals surface area contributed by atoms with Gasteiger partial charge in [-0.15, -0.1) is 0 Å². The molecule has 2 aromatic carbocycles. The maximum absolute atomic E-state index is 12.6. The summed E-state index contributed by atoms with van der Waals surface area (Å²) in [6, 6.07) is 17.1. The summed E-state index contributed by atoms with van der Waals surface area (Å²) in [6.07, 6.45) is 7.71. The van der Waals surface area contributed by atoms with E-state index in [-0.39, 0.29) is 11.8 Å². The molecule has 1 amide bonds. The molecule has 3 aromatic rings. The van der Waals surface area contributed by atoms with Crippen LogP contribution in [0.1, 0.15) is 49.1 Å². The highest BCUT2D eigenvalue weighted by molar-refractivity contribution is 5.84. The Labute approximate surface area is 173 Å². The van der Waals surface area contributed by atoms with E-state index in [1.54, 1.807) is 0 Å². The summed E-state index contributed by atoms with van der Waals surface area (Å²) < 4.78 is 0. The number of hydrogen-bond acceptors (Lipinski definition) is 2. The molecular formula is C25H31N3O. The Hall–Kier alpha value is -2.75. The van der Waals surface area contributed by atoms with Crippen molar-refractivity contribution in [1.82, 2.24) is 10.3 Å². The zero-order valence-corrected chi connectivity index (χ0v) is 17.4. The van der Waals surface area contributed by atoms with Gasteiger partial charge in [0.25, 0.3) is 0 Å². The lowest BCUT2D eigenvalue weighted by molar-refractivity contribution is -0.122. The molecule has 1 fully saturated rings. The molecule has 4 nitrogen and oxygen atoms in total. The van der Waals surface area contributed by atoms with Gasteiger partial charge in [-0.2, -0.15) is 0 Å². The molecule has 1 aromatic heterocycles. The van der Waals surface area contributed by atoms with Crippen molar-refractivity contribution >= 4 is 22.5 Å². The first-order valence-electron chi connectivity index (χ1n) is 10.7. The van der Waals surface area contributed by atoms with Crippen LogP contribution in [-0.2, 0) is 4.79 Å². The van der Waals surface area contributed by atoms with Crippen LogP contribution in [-0.4, -0.2) is 31.5 Å². The number of carbonyl (C=O) groups is 1. The standard InChI is InChI=1S/C25H31N3O/c1-28(2)20-13-11-19(12-14-20)22(16-27-25(29)15-18-7-3-4-8-18)23-17-26-24-10-6-5-9-21(23)24/h5-6,9-14,17-18,22,26H,3-4,7-8,15-16H2,1-2H3,(H,27,29)/t22-/m0/s1. The second kappa shape index (κ2) is 8.73. The Morgan fingerprint density at radius 2 is 1.83 bits per heavy atom. The number of para-hydroxylation sites is 1. The first-order chi connectivity index (χ1) is 14.1. The van der Waals surface area contributed by atoms with Gasteiger partial charge in [-0.05, 0) is 48.1 Å². The van der Waals surface area contributed by atoms with Crippen LogP contribution in [0, 0.1) is 5.92 Å².